The molecule has 29 heteroatoms. The Balaban J connectivity index is -0.0000000916. The fraction of sp³-hybridized carbons (Fsp3) is 0.500. The van der Waals surface area contributed by atoms with Gasteiger partial charge in [0.1, 0.15) is 18.3 Å². The summed E-state index contributed by atoms with van der Waals surface area (Å²) >= 11 is 0. The van der Waals surface area contributed by atoms with E-state index in [-0.39, 0.29) is 45.6 Å². The second kappa shape index (κ2) is 78.1. The van der Waals surface area contributed by atoms with Crippen LogP contribution in [0.3, 0.4) is 0 Å². The van der Waals surface area contributed by atoms with Crippen LogP contribution in [0.15, 0.2) is 91.0 Å². The molecule has 0 aliphatic rings. The average Bonchev–Trinajstić information content (AvgIpc) is 3.43. The lowest BCUT2D eigenvalue weighted by Crippen LogP contribution is -2.15. The second-order valence-corrected chi connectivity index (χ2v) is 16.1. The monoisotopic (exact) mass is 1230 g/mol. The molecule has 0 spiro atoms. The van der Waals surface area contributed by atoms with Crippen LogP contribution in [-0.4, -0.2) is 215 Å². The number of aromatic carboxylic acids is 3. The Labute approximate surface area is 494 Å². The molecule has 0 bridgehead atoms. The van der Waals surface area contributed by atoms with E-state index in [1.54, 1.807) is 105 Å². The predicted octanol–water partition coefficient (Wildman–Crippen LogP) is 4.32. The maximum Gasteiger partial charge on any atom is 0.335 e. The number of benzene rings is 3. The van der Waals surface area contributed by atoms with E-state index >= 15 is 0 Å². The minimum absolute atomic E-state index is 0.231. The van der Waals surface area contributed by atoms with Crippen molar-refractivity contribution < 1.29 is 145 Å². The zero-order valence-corrected chi connectivity index (χ0v) is 49.4. The molecule has 0 aliphatic heterocycles. The number of aliphatic hydroxyl groups is 9. The summed E-state index contributed by atoms with van der Waals surface area (Å²) < 4.78 is 0. The van der Waals surface area contributed by atoms with Crippen LogP contribution in [0.25, 0.3) is 0 Å². The van der Waals surface area contributed by atoms with Crippen LogP contribution in [0.1, 0.15) is 151 Å². The van der Waals surface area contributed by atoms with E-state index in [0.717, 1.165) is 47.5 Å². The van der Waals surface area contributed by atoms with Crippen LogP contribution in [0.2, 0.25) is 0 Å². The van der Waals surface area contributed by atoms with E-state index < -0.39 is 78.0 Å². The maximum absolute atomic E-state index is 10.2. The molecule has 0 saturated heterocycles. The third kappa shape index (κ3) is 138. The summed E-state index contributed by atoms with van der Waals surface area (Å²) in [6.45, 7) is 8.74. The van der Waals surface area contributed by atoms with Gasteiger partial charge in [-0.25, -0.2) is 14.4 Å². The summed E-state index contributed by atoms with van der Waals surface area (Å²) in [4.78, 5) is 95.5. The van der Waals surface area contributed by atoms with E-state index in [2.05, 4.69) is 6.92 Å². The van der Waals surface area contributed by atoms with E-state index in [4.69, 9.17) is 121 Å². The van der Waals surface area contributed by atoms with Gasteiger partial charge in [-0.05, 0) is 42.8 Å². The lowest BCUT2D eigenvalue weighted by molar-refractivity contribution is -0.141. The largest absolute Gasteiger partial charge is 0.481 e. The molecule has 85 heavy (non-hydrogen) atoms. The van der Waals surface area contributed by atoms with Crippen molar-refractivity contribution in [2.24, 2.45) is 5.92 Å². The molecule has 3 aromatic rings. The molecule has 0 heterocycles. The van der Waals surface area contributed by atoms with Gasteiger partial charge in [0.15, 0.2) is 0 Å². The van der Waals surface area contributed by atoms with Crippen molar-refractivity contribution in [2.75, 3.05) is 39.6 Å². The number of aliphatic hydroxyl groups excluding tert-OH is 9. The zero-order chi connectivity index (χ0) is 68.7. The first-order chi connectivity index (χ1) is 39.4. The van der Waals surface area contributed by atoms with Crippen LogP contribution in [0.4, 0.5) is 0 Å². The molecular weight excluding hydrogens is 1140 g/mol. The van der Waals surface area contributed by atoms with Crippen molar-refractivity contribution in [3.8, 4) is 0 Å². The summed E-state index contributed by atoms with van der Waals surface area (Å²) in [5.74, 6) is -8.44. The molecule has 0 amide bonds. The third-order valence-corrected chi connectivity index (χ3v) is 7.31. The first-order valence-electron chi connectivity index (χ1n) is 25.4. The molecule has 0 saturated carbocycles. The summed E-state index contributed by atoms with van der Waals surface area (Å²) in [7, 11) is 0. The molecule has 3 rings (SSSR count). The van der Waals surface area contributed by atoms with Gasteiger partial charge < -0.3 is 97.0 Å². The van der Waals surface area contributed by atoms with Crippen molar-refractivity contribution in [1.82, 2.24) is 0 Å². The zero-order valence-electron chi connectivity index (χ0n) is 49.4. The minimum Gasteiger partial charge on any atom is -0.481 e. The molecule has 0 aliphatic carbocycles. The van der Waals surface area contributed by atoms with Gasteiger partial charge in [0, 0.05) is 41.0 Å². The summed E-state index contributed by atoms with van der Waals surface area (Å²) in [5, 5.41) is 151. The second-order valence-electron chi connectivity index (χ2n) is 16.1. The molecule has 19 N–H and O–H groups in total. The highest BCUT2D eigenvalue weighted by molar-refractivity contribution is 5.88. The molecule has 492 valence electrons. The van der Waals surface area contributed by atoms with Crippen molar-refractivity contribution >= 4 is 59.7 Å². The fourth-order valence-electron chi connectivity index (χ4n) is 3.50. The van der Waals surface area contributed by atoms with Crippen LogP contribution < -0.4 is 0 Å². The van der Waals surface area contributed by atoms with E-state index in [9.17, 15) is 24.0 Å². The van der Waals surface area contributed by atoms with Gasteiger partial charge in [-0.1, -0.05) is 127 Å². The van der Waals surface area contributed by atoms with Crippen LogP contribution >= 0.6 is 0 Å². The van der Waals surface area contributed by atoms with Gasteiger partial charge in [-0.3, -0.25) is 33.6 Å². The molecule has 0 fully saturated rings. The number of unbranched alkanes of at least 4 members (excludes halogenated alkanes) is 8. The number of hydrogen-bond acceptors (Lipinski definition) is 19. The van der Waals surface area contributed by atoms with E-state index in [1.807, 2.05) is 0 Å². The standard InChI is InChI=1S/C12H24O2.3C7H6O2.C4H8O2.3C3H8O3.5C2H4O2/c1-2-3-4-5-6-7-8-9-10-11-12(13)14;3*8-7(9)6-4-2-1-3-5-6;1-3(2)4(5)6;3*4-1-3(6)2-5;5*1-2(3)4/h2-11H2,1H3,(H,13,14);3*1-5H,(H,8,9);3H,1-2H3,(H,5,6);3*3-6H,1-2H2;5*1H3,(H,3,4). The Morgan fingerprint density at radius 2 is 0.494 bits per heavy atom. The highest BCUT2D eigenvalue weighted by Gasteiger charge is 2.01. The summed E-state index contributed by atoms with van der Waals surface area (Å²) in [5.41, 5.74) is 0.993. The van der Waals surface area contributed by atoms with E-state index in [1.165, 1.54) is 44.9 Å². The maximum atomic E-state index is 10.2. The Kier molecular flexibility index (Phi) is 91.0. The van der Waals surface area contributed by atoms with E-state index in [0.29, 0.717) is 23.1 Å². The van der Waals surface area contributed by atoms with Gasteiger partial charge in [0.2, 0.25) is 0 Å². The predicted molar refractivity (Wildman–Crippen MR) is 309 cm³/mol. The third-order valence-electron chi connectivity index (χ3n) is 7.31. The molecule has 3 aromatic carbocycles. The highest BCUT2D eigenvalue weighted by atomic mass is 16.4. The minimum atomic E-state index is -0.954. The Bertz CT molecular complexity index is 1780. The number of rotatable bonds is 20. The van der Waals surface area contributed by atoms with Crippen LogP contribution in [-0.2, 0) is 33.6 Å². The van der Waals surface area contributed by atoms with Crippen LogP contribution in [0.5, 0.6) is 0 Å². The smallest absolute Gasteiger partial charge is 0.335 e. The molecular formula is C56H94O29. The molecule has 0 atom stereocenters. The SMILES string of the molecule is CC(=O)O.CC(=O)O.CC(=O)O.CC(=O)O.CC(=O)O.CC(C)C(=O)O.CCCCCCCCCCCC(=O)O.O=C(O)c1ccccc1.O=C(O)c1ccccc1.O=C(O)c1ccccc1.OCC(O)CO.OCC(O)CO.OCC(O)CO. The number of aliphatic carboxylic acids is 7. The Morgan fingerprint density at radius 1 is 0.329 bits per heavy atom. The first-order valence-corrected chi connectivity index (χ1v) is 25.4. The summed E-state index contributed by atoms with van der Waals surface area (Å²) in [6, 6.07) is 24.9. The molecule has 0 radical (unpaired) electrons. The normalized spacial score (nSPS) is 8.76. The highest BCUT2D eigenvalue weighted by Crippen LogP contribution is 2.10. The lowest BCUT2D eigenvalue weighted by atomic mass is 10.1. The first kappa shape index (κ1) is 99.1. The molecule has 0 unspecified atom stereocenters. The van der Waals surface area contributed by atoms with Crippen molar-refractivity contribution in [3.63, 3.8) is 0 Å². The average molecular weight is 1230 g/mol. The van der Waals surface area contributed by atoms with Crippen molar-refractivity contribution in [2.45, 2.75) is 138 Å². The number of hydrogen-bond donors (Lipinski definition) is 19. The number of carboxylic acid groups (broad SMARTS) is 10. The fourth-order valence-corrected chi connectivity index (χ4v) is 3.50. The van der Waals surface area contributed by atoms with Gasteiger partial charge in [-0.15, -0.1) is 0 Å². The van der Waals surface area contributed by atoms with Crippen LogP contribution in [0, 0.1) is 5.92 Å². The summed E-state index contributed by atoms with van der Waals surface area (Å²) in [6.07, 6.45) is 8.62. The topological polar surface area (TPSA) is 555 Å². The van der Waals surface area contributed by atoms with Gasteiger partial charge in [-0.2, -0.15) is 0 Å². The van der Waals surface area contributed by atoms with Gasteiger partial charge in [0.05, 0.1) is 62.2 Å². The lowest BCUT2D eigenvalue weighted by Gasteiger charge is -2.00. The number of carboxylic acids is 10. The number of carbonyl (C=O) groups is 10. The van der Waals surface area contributed by atoms with Crippen molar-refractivity contribution in [3.05, 3.63) is 108 Å². The Hall–Kier alpha value is -8.00. The Morgan fingerprint density at radius 3 is 0.600 bits per heavy atom. The van der Waals surface area contributed by atoms with Gasteiger partial charge in [0.25, 0.3) is 29.8 Å². The quantitative estimate of drug-likeness (QED) is 0.0700. The van der Waals surface area contributed by atoms with Gasteiger partial charge >= 0.3 is 29.8 Å². The molecule has 0 aromatic heterocycles. The molecule has 29 nitrogen and oxygen atoms in total. The van der Waals surface area contributed by atoms with Crippen molar-refractivity contribution in [1.29, 1.82) is 0 Å².